The highest BCUT2D eigenvalue weighted by molar-refractivity contribution is 8.15. The lowest BCUT2D eigenvalue weighted by Gasteiger charge is -2.08. The van der Waals surface area contributed by atoms with E-state index in [1.807, 2.05) is 55.5 Å². The highest BCUT2D eigenvalue weighted by atomic mass is 32.2. The predicted octanol–water partition coefficient (Wildman–Crippen LogP) is 3.13. The Balaban J connectivity index is 1.61. The summed E-state index contributed by atoms with van der Waals surface area (Å²) in [7, 11) is 0. The fraction of sp³-hybridized carbons (Fsp3) is 0.167. The third kappa shape index (κ3) is 4.45. The summed E-state index contributed by atoms with van der Waals surface area (Å²) in [4.78, 5) is 11.1. The lowest BCUT2D eigenvalue weighted by atomic mass is 10.1. The van der Waals surface area contributed by atoms with Gasteiger partial charge in [-0.3, -0.25) is 4.79 Å². The third-order valence-corrected chi connectivity index (χ3v) is 4.28. The van der Waals surface area contributed by atoms with E-state index in [2.05, 4.69) is 15.5 Å². The van der Waals surface area contributed by atoms with Gasteiger partial charge in [0.1, 0.15) is 12.4 Å². The maximum atomic E-state index is 11.1. The molecular weight excluding hydrogens is 322 g/mol. The lowest BCUT2D eigenvalue weighted by molar-refractivity contribution is -0.116. The van der Waals surface area contributed by atoms with Crippen LogP contribution in [0.2, 0.25) is 0 Å². The van der Waals surface area contributed by atoms with Crippen molar-refractivity contribution in [1.82, 2.24) is 5.32 Å². The average Bonchev–Trinajstić information content (AvgIpc) is 3.01. The molecule has 1 saturated heterocycles. The van der Waals surface area contributed by atoms with Crippen LogP contribution in [0.5, 0.6) is 5.75 Å². The number of ether oxygens (including phenoxy) is 1. The molecule has 1 fully saturated rings. The highest BCUT2D eigenvalue weighted by Crippen LogP contribution is 2.18. The Hall–Kier alpha value is -2.60. The molecule has 5 nitrogen and oxygen atoms in total. The standard InChI is InChI=1S/C18H17N3O2S/c1-13-9-16(23-11-14-5-3-2-4-6-14)8-7-15(13)10-19-21-18-20-17(22)12-24-18/h2-10H,11-12H2,1H3,(H,20,21,22). The predicted molar refractivity (Wildman–Crippen MR) is 97.6 cm³/mol. The second-order valence-corrected chi connectivity index (χ2v) is 6.24. The van der Waals surface area contributed by atoms with E-state index in [-0.39, 0.29) is 5.91 Å². The second kappa shape index (κ2) is 7.79. The molecule has 1 heterocycles. The van der Waals surface area contributed by atoms with Crippen LogP contribution in [0.1, 0.15) is 16.7 Å². The fourth-order valence-corrected chi connectivity index (χ4v) is 2.78. The van der Waals surface area contributed by atoms with Gasteiger partial charge in [0, 0.05) is 0 Å². The van der Waals surface area contributed by atoms with E-state index in [1.54, 1.807) is 6.21 Å². The number of aryl methyl sites for hydroxylation is 1. The molecule has 1 aliphatic heterocycles. The Morgan fingerprint density at radius 2 is 2.08 bits per heavy atom. The molecule has 6 heteroatoms. The van der Waals surface area contributed by atoms with Gasteiger partial charge in [0.05, 0.1) is 12.0 Å². The van der Waals surface area contributed by atoms with Crippen molar-refractivity contribution in [3.63, 3.8) is 0 Å². The Labute approximate surface area is 144 Å². The first-order valence-corrected chi connectivity index (χ1v) is 8.50. The average molecular weight is 339 g/mol. The third-order valence-electron chi connectivity index (χ3n) is 3.42. The lowest BCUT2D eigenvalue weighted by Crippen LogP contribution is -2.19. The maximum absolute atomic E-state index is 11.1. The molecule has 0 aliphatic carbocycles. The number of thioether (sulfide) groups is 1. The van der Waals surface area contributed by atoms with Gasteiger partial charge in [0.15, 0.2) is 5.17 Å². The van der Waals surface area contributed by atoms with Gasteiger partial charge in [-0.25, -0.2) is 0 Å². The molecule has 24 heavy (non-hydrogen) atoms. The highest BCUT2D eigenvalue weighted by Gasteiger charge is 2.15. The van der Waals surface area contributed by atoms with Crippen LogP contribution < -0.4 is 10.1 Å². The summed E-state index contributed by atoms with van der Waals surface area (Å²) >= 11 is 1.35. The molecule has 0 unspecified atom stereocenters. The zero-order valence-corrected chi connectivity index (χ0v) is 14.0. The molecule has 122 valence electrons. The Kier molecular flexibility index (Phi) is 5.28. The zero-order valence-electron chi connectivity index (χ0n) is 13.2. The van der Waals surface area contributed by atoms with Crippen molar-refractivity contribution < 1.29 is 9.53 Å². The van der Waals surface area contributed by atoms with Gasteiger partial charge in [-0.1, -0.05) is 42.1 Å². The van der Waals surface area contributed by atoms with Gasteiger partial charge >= 0.3 is 0 Å². The number of carbonyl (C=O) groups excluding carboxylic acids is 1. The number of nitrogens with one attached hydrogen (secondary N) is 1. The van der Waals surface area contributed by atoms with Crippen LogP contribution in [0, 0.1) is 6.92 Å². The van der Waals surface area contributed by atoms with Gasteiger partial charge in [-0.15, -0.1) is 5.10 Å². The first-order chi connectivity index (χ1) is 11.7. The SMILES string of the molecule is Cc1cc(OCc2ccccc2)ccc1C=NN=C1NC(=O)CS1. The normalized spacial score (nSPS) is 15.9. The van der Waals surface area contributed by atoms with Gasteiger partial charge in [0.25, 0.3) is 0 Å². The van der Waals surface area contributed by atoms with E-state index in [0.717, 1.165) is 22.4 Å². The number of hydrogen-bond acceptors (Lipinski definition) is 5. The van der Waals surface area contributed by atoms with Crippen molar-refractivity contribution in [2.75, 3.05) is 5.75 Å². The minimum atomic E-state index is -0.0370. The number of rotatable bonds is 5. The molecule has 0 bridgehead atoms. The van der Waals surface area contributed by atoms with Crippen LogP contribution in [-0.2, 0) is 11.4 Å². The number of amides is 1. The van der Waals surface area contributed by atoms with Crippen molar-refractivity contribution >= 4 is 29.1 Å². The van der Waals surface area contributed by atoms with E-state index in [4.69, 9.17) is 4.74 Å². The van der Waals surface area contributed by atoms with Crippen molar-refractivity contribution in [3.05, 3.63) is 65.2 Å². The monoisotopic (exact) mass is 339 g/mol. The molecule has 0 spiro atoms. The molecule has 2 aromatic carbocycles. The molecular formula is C18H17N3O2S. The summed E-state index contributed by atoms with van der Waals surface area (Å²) in [6.45, 7) is 2.54. The number of hydrogen-bond donors (Lipinski definition) is 1. The van der Waals surface area contributed by atoms with Crippen molar-refractivity contribution in [2.24, 2.45) is 10.2 Å². The minimum absolute atomic E-state index is 0.0370. The van der Waals surface area contributed by atoms with Gasteiger partial charge < -0.3 is 10.1 Å². The summed E-state index contributed by atoms with van der Waals surface area (Å²) in [5.74, 6) is 1.18. The number of amidine groups is 1. The van der Waals surface area contributed by atoms with Crippen molar-refractivity contribution in [3.8, 4) is 5.75 Å². The van der Waals surface area contributed by atoms with Crippen LogP contribution in [-0.4, -0.2) is 23.0 Å². The molecule has 1 amide bonds. The molecule has 0 radical (unpaired) electrons. The molecule has 3 rings (SSSR count). The fourth-order valence-electron chi connectivity index (χ4n) is 2.15. The summed E-state index contributed by atoms with van der Waals surface area (Å²) < 4.78 is 5.80. The maximum Gasteiger partial charge on any atom is 0.236 e. The van der Waals surface area contributed by atoms with E-state index >= 15 is 0 Å². The van der Waals surface area contributed by atoms with Crippen LogP contribution in [0.4, 0.5) is 0 Å². The summed E-state index contributed by atoms with van der Waals surface area (Å²) in [5, 5.41) is 11.2. The van der Waals surface area contributed by atoms with Crippen LogP contribution in [0.3, 0.4) is 0 Å². The summed E-state index contributed by atoms with van der Waals surface area (Å²) in [5.41, 5.74) is 3.14. The van der Waals surface area contributed by atoms with Crippen LogP contribution in [0.25, 0.3) is 0 Å². The number of benzene rings is 2. The zero-order chi connectivity index (χ0) is 16.8. The molecule has 0 saturated carbocycles. The van der Waals surface area contributed by atoms with Gasteiger partial charge in [0.2, 0.25) is 5.91 Å². The number of carbonyl (C=O) groups is 1. The molecule has 2 aromatic rings. The summed E-state index contributed by atoms with van der Waals surface area (Å²) in [6, 6.07) is 15.9. The number of nitrogens with zero attached hydrogens (tertiary/aromatic N) is 2. The first kappa shape index (κ1) is 16.3. The minimum Gasteiger partial charge on any atom is -0.489 e. The molecule has 1 aliphatic rings. The van der Waals surface area contributed by atoms with E-state index < -0.39 is 0 Å². The van der Waals surface area contributed by atoms with Crippen molar-refractivity contribution in [1.29, 1.82) is 0 Å². The van der Waals surface area contributed by atoms with Crippen LogP contribution in [0.15, 0.2) is 58.7 Å². The Morgan fingerprint density at radius 1 is 1.25 bits per heavy atom. The molecule has 1 N–H and O–H groups in total. The summed E-state index contributed by atoms with van der Waals surface area (Å²) in [6.07, 6.45) is 1.67. The largest absolute Gasteiger partial charge is 0.489 e. The molecule has 0 aromatic heterocycles. The van der Waals surface area contributed by atoms with Crippen LogP contribution >= 0.6 is 11.8 Å². The second-order valence-electron chi connectivity index (χ2n) is 5.28. The first-order valence-electron chi connectivity index (χ1n) is 7.52. The molecule has 0 atom stereocenters. The van der Waals surface area contributed by atoms with E-state index in [9.17, 15) is 4.79 Å². The van der Waals surface area contributed by atoms with Crippen molar-refractivity contribution in [2.45, 2.75) is 13.5 Å². The quantitative estimate of drug-likeness (QED) is 0.672. The van der Waals surface area contributed by atoms with Gasteiger partial charge in [-0.2, -0.15) is 5.10 Å². The van der Waals surface area contributed by atoms with E-state index in [1.165, 1.54) is 11.8 Å². The topological polar surface area (TPSA) is 63.1 Å². The smallest absolute Gasteiger partial charge is 0.236 e. The van der Waals surface area contributed by atoms with Gasteiger partial charge in [-0.05, 0) is 41.8 Å². The van der Waals surface area contributed by atoms with E-state index in [0.29, 0.717) is 17.5 Å². The Bertz CT molecular complexity index is 788. The Morgan fingerprint density at radius 3 is 2.79 bits per heavy atom.